The zero-order valence-corrected chi connectivity index (χ0v) is 10.5. The smallest absolute Gasteiger partial charge is 0.223 e. The molecule has 0 heterocycles. The van der Waals surface area contributed by atoms with E-state index < -0.39 is 0 Å². The molecule has 0 aromatic heterocycles. The highest BCUT2D eigenvalue weighted by molar-refractivity contribution is 5.78. The normalized spacial score (nSPS) is 14.2. The molecule has 0 radical (unpaired) electrons. The molecule has 0 spiro atoms. The van der Waals surface area contributed by atoms with Gasteiger partial charge in [0.05, 0.1) is 0 Å². The average molecular weight is 199 g/mol. The third kappa shape index (κ3) is 5.25. The molecule has 1 amide bonds. The van der Waals surface area contributed by atoms with Crippen LogP contribution in [-0.2, 0) is 4.79 Å². The molecule has 0 aromatic carbocycles. The molecule has 0 aliphatic heterocycles. The molecule has 0 saturated carbocycles. The maximum Gasteiger partial charge on any atom is 0.223 e. The number of hydrogen-bond donors (Lipinski definition) is 1. The molecule has 1 atom stereocenters. The fourth-order valence-corrected chi connectivity index (χ4v) is 1.03. The Morgan fingerprint density at radius 3 is 2.07 bits per heavy atom. The van der Waals surface area contributed by atoms with Crippen LogP contribution < -0.4 is 5.32 Å². The van der Waals surface area contributed by atoms with Crippen LogP contribution in [0.25, 0.3) is 0 Å². The van der Waals surface area contributed by atoms with E-state index in [1.54, 1.807) is 0 Å². The van der Waals surface area contributed by atoms with E-state index in [4.69, 9.17) is 0 Å². The molecule has 0 aliphatic carbocycles. The van der Waals surface area contributed by atoms with Crippen molar-refractivity contribution in [1.82, 2.24) is 5.32 Å². The summed E-state index contributed by atoms with van der Waals surface area (Å²) in [7, 11) is 0. The van der Waals surface area contributed by atoms with Crippen molar-refractivity contribution < 1.29 is 4.79 Å². The zero-order valence-electron chi connectivity index (χ0n) is 10.5. The lowest BCUT2D eigenvalue weighted by atomic mass is 9.81. The highest BCUT2D eigenvalue weighted by atomic mass is 16.1. The quantitative estimate of drug-likeness (QED) is 0.741. The van der Waals surface area contributed by atoms with Gasteiger partial charge in [-0.15, -0.1) is 0 Å². The van der Waals surface area contributed by atoms with Gasteiger partial charge >= 0.3 is 0 Å². The molecular formula is C12H25NO. The van der Waals surface area contributed by atoms with Crippen molar-refractivity contribution in [3.63, 3.8) is 0 Å². The molecule has 0 bridgehead atoms. The van der Waals surface area contributed by atoms with Crippen LogP contribution in [0.5, 0.6) is 0 Å². The Kier molecular flexibility index (Phi) is 5.17. The van der Waals surface area contributed by atoms with Crippen molar-refractivity contribution in [2.75, 3.05) is 6.54 Å². The predicted molar refractivity (Wildman–Crippen MR) is 61.1 cm³/mol. The molecule has 1 N–H and O–H groups in total. The molecular weight excluding hydrogens is 174 g/mol. The van der Waals surface area contributed by atoms with Crippen molar-refractivity contribution in [2.45, 2.75) is 48.0 Å². The van der Waals surface area contributed by atoms with E-state index in [0.29, 0.717) is 5.92 Å². The first-order valence-corrected chi connectivity index (χ1v) is 5.53. The van der Waals surface area contributed by atoms with Gasteiger partial charge in [-0.1, -0.05) is 41.5 Å². The first-order valence-electron chi connectivity index (χ1n) is 5.53. The largest absolute Gasteiger partial charge is 0.356 e. The summed E-state index contributed by atoms with van der Waals surface area (Å²) in [6.07, 6.45) is 1.06. The molecule has 0 saturated heterocycles. The van der Waals surface area contributed by atoms with Crippen LogP contribution in [0.3, 0.4) is 0 Å². The summed E-state index contributed by atoms with van der Waals surface area (Å²) in [5.74, 6) is 0.910. The second-order valence-corrected chi connectivity index (χ2v) is 5.56. The number of nitrogens with one attached hydrogen (secondary N) is 1. The van der Waals surface area contributed by atoms with Crippen molar-refractivity contribution in [1.29, 1.82) is 0 Å². The molecule has 1 unspecified atom stereocenters. The van der Waals surface area contributed by atoms with Gasteiger partial charge in [-0.2, -0.15) is 0 Å². The summed E-state index contributed by atoms with van der Waals surface area (Å²) in [6, 6.07) is 0. The van der Waals surface area contributed by atoms with E-state index in [-0.39, 0.29) is 17.2 Å². The van der Waals surface area contributed by atoms with Gasteiger partial charge in [0.2, 0.25) is 5.91 Å². The molecule has 0 fully saturated rings. The average Bonchev–Trinajstić information content (AvgIpc) is 2.00. The summed E-state index contributed by atoms with van der Waals surface area (Å²) >= 11 is 0. The molecule has 0 aromatic rings. The lowest BCUT2D eigenvalue weighted by Gasteiger charge is -2.26. The van der Waals surface area contributed by atoms with E-state index >= 15 is 0 Å². The minimum absolute atomic E-state index is 0.0575. The van der Waals surface area contributed by atoms with Gasteiger partial charge in [-0.05, 0) is 17.8 Å². The van der Waals surface area contributed by atoms with E-state index in [9.17, 15) is 4.79 Å². The van der Waals surface area contributed by atoms with Gasteiger partial charge in [-0.3, -0.25) is 4.79 Å². The SMILES string of the molecule is CC(C)CCNC(=O)C(C)C(C)(C)C. The number of rotatable bonds is 4. The minimum Gasteiger partial charge on any atom is -0.356 e. The van der Waals surface area contributed by atoms with E-state index in [2.05, 4.69) is 39.9 Å². The Hall–Kier alpha value is -0.530. The highest BCUT2D eigenvalue weighted by Crippen LogP contribution is 2.25. The Labute approximate surface area is 88.5 Å². The molecule has 2 nitrogen and oxygen atoms in total. The molecule has 0 aliphatic rings. The third-order valence-electron chi connectivity index (χ3n) is 2.71. The van der Waals surface area contributed by atoms with Crippen LogP contribution in [-0.4, -0.2) is 12.5 Å². The summed E-state index contributed by atoms with van der Waals surface area (Å²) < 4.78 is 0. The number of hydrogen-bond acceptors (Lipinski definition) is 1. The molecule has 0 rings (SSSR count). The van der Waals surface area contributed by atoms with Crippen molar-refractivity contribution in [2.24, 2.45) is 17.3 Å². The Bertz CT molecular complexity index is 179. The molecule has 84 valence electrons. The second kappa shape index (κ2) is 5.38. The van der Waals surface area contributed by atoms with Crippen LogP contribution in [0.15, 0.2) is 0 Å². The molecule has 2 heteroatoms. The highest BCUT2D eigenvalue weighted by Gasteiger charge is 2.26. The lowest BCUT2D eigenvalue weighted by molar-refractivity contribution is -0.127. The lowest BCUT2D eigenvalue weighted by Crippen LogP contribution is -2.36. The maximum atomic E-state index is 11.7. The second-order valence-electron chi connectivity index (χ2n) is 5.56. The maximum absolute atomic E-state index is 11.7. The Balaban J connectivity index is 3.86. The topological polar surface area (TPSA) is 29.1 Å². The van der Waals surface area contributed by atoms with Crippen LogP contribution in [0.2, 0.25) is 0 Å². The fourth-order valence-electron chi connectivity index (χ4n) is 1.03. The summed E-state index contributed by atoms with van der Waals surface area (Å²) in [6.45, 7) is 13.4. The van der Waals surface area contributed by atoms with Crippen LogP contribution in [0, 0.1) is 17.3 Å². The van der Waals surface area contributed by atoms with Crippen LogP contribution in [0.1, 0.15) is 48.0 Å². The van der Waals surface area contributed by atoms with Crippen LogP contribution in [0.4, 0.5) is 0 Å². The Morgan fingerprint density at radius 1 is 1.21 bits per heavy atom. The first kappa shape index (κ1) is 13.5. The van der Waals surface area contributed by atoms with E-state index in [1.165, 1.54) is 0 Å². The van der Waals surface area contributed by atoms with Crippen molar-refractivity contribution in [3.05, 3.63) is 0 Å². The number of carbonyl (C=O) groups excluding carboxylic acids is 1. The van der Waals surface area contributed by atoms with Crippen molar-refractivity contribution >= 4 is 5.91 Å². The first-order chi connectivity index (χ1) is 6.25. The van der Waals surface area contributed by atoms with Gasteiger partial charge in [0.25, 0.3) is 0 Å². The van der Waals surface area contributed by atoms with Gasteiger partial charge in [-0.25, -0.2) is 0 Å². The summed E-state index contributed by atoms with van der Waals surface area (Å²) in [4.78, 5) is 11.7. The predicted octanol–water partition coefficient (Wildman–Crippen LogP) is 2.83. The van der Waals surface area contributed by atoms with Crippen LogP contribution >= 0.6 is 0 Å². The standard InChI is InChI=1S/C12H25NO/c1-9(2)7-8-13-11(14)10(3)12(4,5)6/h9-10H,7-8H2,1-6H3,(H,13,14). The Morgan fingerprint density at radius 2 is 1.71 bits per heavy atom. The number of carbonyl (C=O) groups is 1. The van der Waals surface area contributed by atoms with Gasteiger partial charge in [0, 0.05) is 12.5 Å². The van der Waals surface area contributed by atoms with Gasteiger partial charge in [0.15, 0.2) is 0 Å². The zero-order chi connectivity index (χ0) is 11.4. The molecule has 14 heavy (non-hydrogen) atoms. The minimum atomic E-state index is 0.0575. The van der Waals surface area contributed by atoms with Gasteiger partial charge in [0.1, 0.15) is 0 Å². The third-order valence-corrected chi connectivity index (χ3v) is 2.71. The number of amides is 1. The summed E-state index contributed by atoms with van der Waals surface area (Å²) in [5, 5.41) is 2.98. The monoisotopic (exact) mass is 199 g/mol. The summed E-state index contributed by atoms with van der Waals surface area (Å²) in [5.41, 5.74) is 0.0575. The fraction of sp³-hybridized carbons (Fsp3) is 0.917. The van der Waals surface area contributed by atoms with E-state index in [0.717, 1.165) is 13.0 Å². The van der Waals surface area contributed by atoms with Gasteiger partial charge < -0.3 is 5.32 Å². The van der Waals surface area contributed by atoms with Crippen molar-refractivity contribution in [3.8, 4) is 0 Å². The van der Waals surface area contributed by atoms with E-state index in [1.807, 2.05) is 6.92 Å².